The zero-order chi connectivity index (χ0) is 37.2. The Morgan fingerprint density at radius 1 is 0.843 bits per heavy atom. The molecule has 7 N–H and O–H groups in total. The molecule has 5 unspecified atom stereocenters. The van der Waals surface area contributed by atoms with Gasteiger partial charge in [0.25, 0.3) is 5.91 Å². The van der Waals surface area contributed by atoms with Crippen LogP contribution in [0.25, 0.3) is 0 Å². The highest BCUT2D eigenvalue weighted by Gasteiger charge is 2.35. The Labute approximate surface area is 301 Å². The third-order valence-electron chi connectivity index (χ3n) is 9.09. The Bertz CT molecular complexity index is 1390. The van der Waals surface area contributed by atoms with Crippen molar-refractivity contribution in [2.24, 2.45) is 5.92 Å². The lowest BCUT2D eigenvalue weighted by Gasteiger charge is -2.31. The van der Waals surface area contributed by atoms with Crippen molar-refractivity contribution in [1.82, 2.24) is 37.0 Å². The first-order valence-electron chi connectivity index (χ1n) is 17.9. The first-order valence-corrected chi connectivity index (χ1v) is 18.4. The molecule has 15 nitrogen and oxygen atoms in total. The van der Waals surface area contributed by atoms with Crippen molar-refractivity contribution in [2.45, 2.75) is 115 Å². The van der Waals surface area contributed by atoms with Gasteiger partial charge in [0.15, 0.2) is 0 Å². The van der Waals surface area contributed by atoms with E-state index < -0.39 is 66.0 Å². The molecule has 2 fully saturated rings. The van der Waals surface area contributed by atoms with E-state index in [0.29, 0.717) is 37.8 Å². The van der Waals surface area contributed by atoms with Crippen molar-refractivity contribution in [3.8, 4) is 0 Å². The molecule has 7 amide bonds. The molecule has 0 radical (unpaired) electrons. The summed E-state index contributed by atoms with van der Waals surface area (Å²) in [5.74, 6) is -5.10. The predicted octanol–water partition coefficient (Wildman–Crippen LogP) is 0.741. The van der Waals surface area contributed by atoms with Crippen LogP contribution in [0.1, 0.15) is 102 Å². The van der Waals surface area contributed by atoms with Crippen LogP contribution in [0, 0.1) is 5.92 Å². The van der Waals surface area contributed by atoms with Gasteiger partial charge in [-0.1, -0.05) is 62.9 Å². The highest BCUT2D eigenvalue weighted by Crippen LogP contribution is 2.27. The Hall–Kier alpha value is -4.39. The molecule has 1 aliphatic heterocycles. The van der Waals surface area contributed by atoms with E-state index in [1.807, 2.05) is 0 Å². The Morgan fingerprint density at radius 2 is 1.53 bits per heavy atom. The van der Waals surface area contributed by atoms with E-state index >= 15 is 0 Å². The van der Waals surface area contributed by atoms with E-state index in [9.17, 15) is 38.4 Å². The number of benzene rings is 1. The second-order valence-electron chi connectivity index (χ2n) is 13.0. The zero-order valence-corrected chi connectivity index (χ0v) is 30.4. The van der Waals surface area contributed by atoms with Gasteiger partial charge in [-0.15, -0.1) is 0 Å². The first kappa shape index (κ1) is 41.0. The van der Waals surface area contributed by atoms with Gasteiger partial charge in [0.05, 0.1) is 12.6 Å². The SMILES string of the molecule is CCCC(NC(=O)C1CCCCNC(=O)CCCC(=O)NC(C2CCCCC2)C(=O)N1)C(=O)C(=O)NCC(=O)NC(C(=O)NP)c1ccccc1. The largest absolute Gasteiger partial charge is 0.356 e. The van der Waals surface area contributed by atoms with E-state index in [2.05, 4.69) is 46.4 Å². The van der Waals surface area contributed by atoms with Gasteiger partial charge in [0.2, 0.25) is 41.2 Å². The molecular formula is C35H52N7O8P. The van der Waals surface area contributed by atoms with E-state index in [4.69, 9.17) is 0 Å². The first-order chi connectivity index (χ1) is 24.5. The van der Waals surface area contributed by atoms with Crippen LogP contribution in [0.5, 0.6) is 0 Å². The summed E-state index contributed by atoms with van der Waals surface area (Å²) in [5.41, 5.74) is 0.511. The second kappa shape index (κ2) is 21.7. The summed E-state index contributed by atoms with van der Waals surface area (Å²) in [5, 5.41) is 18.3. The number of amides is 7. The van der Waals surface area contributed by atoms with Crippen LogP contribution in [0.3, 0.4) is 0 Å². The summed E-state index contributed by atoms with van der Waals surface area (Å²) >= 11 is 0. The fourth-order valence-corrected chi connectivity index (χ4v) is 6.48. The maximum atomic E-state index is 13.7. The molecule has 1 aliphatic carbocycles. The lowest BCUT2D eigenvalue weighted by molar-refractivity contribution is -0.141. The van der Waals surface area contributed by atoms with Crippen molar-refractivity contribution in [1.29, 1.82) is 0 Å². The molecule has 1 aromatic rings. The number of hydrogen-bond acceptors (Lipinski definition) is 8. The molecule has 1 saturated heterocycles. The van der Waals surface area contributed by atoms with Gasteiger partial charge >= 0.3 is 0 Å². The van der Waals surface area contributed by atoms with Crippen LogP contribution in [0.2, 0.25) is 0 Å². The number of Topliss-reactive ketones (excluding diaryl/α,β-unsaturated/α-hetero) is 1. The van der Waals surface area contributed by atoms with Gasteiger partial charge in [0.1, 0.15) is 18.1 Å². The molecule has 1 aromatic carbocycles. The minimum Gasteiger partial charge on any atom is -0.356 e. The van der Waals surface area contributed by atoms with Crippen LogP contribution in [-0.4, -0.2) is 78.3 Å². The Morgan fingerprint density at radius 3 is 2.22 bits per heavy atom. The third-order valence-corrected chi connectivity index (χ3v) is 9.37. The van der Waals surface area contributed by atoms with Crippen LogP contribution in [0.4, 0.5) is 0 Å². The van der Waals surface area contributed by atoms with E-state index in [-0.39, 0.29) is 43.4 Å². The van der Waals surface area contributed by atoms with Gasteiger partial charge in [-0.05, 0) is 65.8 Å². The number of hydrogen-bond donors (Lipinski definition) is 7. The van der Waals surface area contributed by atoms with Gasteiger partial charge in [0, 0.05) is 19.4 Å². The van der Waals surface area contributed by atoms with Gasteiger partial charge in [-0.3, -0.25) is 38.4 Å². The van der Waals surface area contributed by atoms with E-state index in [0.717, 1.165) is 32.1 Å². The molecule has 3 rings (SSSR count). The maximum absolute atomic E-state index is 13.7. The minimum atomic E-state index is -1.24. The highest BCUT2D eigenvalue weighted by atomic mass is 31.0. The highest BCUT2D eigenvalue weighted by molar-refractivity contribution is 7.15. The number of carbonyl (C=O) groups is 8. The Kier molecular flexibility index (Phi) is 17.5. The lowest BCUT2D eigenvalue weighted by atomic mass is 9.83. The zero-order valence-electron chi connectivity index (χ0n) is 29.2. The second-order valence-corrected chi connectivity index (χ2v) is 13.3. The monoisotopic (exact) mass is 729 g/mol. The molecular weight excluding hydrogens is 677 g/mol. The summed E-state index contributed by atoms with van der Waals surface area (Å²) in [6.07, 6.45) is 6.69. The number of ketones is 1. The quantitative estimate of drug-likeness (QED) is 0.120. The van der Waals surface area contributed by atoms with Gasteiger partial charge < -0.3 is 37.0 Å². The maximum Gasteiger partial charge on any atom is 0.290 e. The smallest absolute Gasteiger partial charge is 0.290 e. The van der Waals surface area contributed by atoms with Crippen molar-refractivity contribution in [2.75, 3.05) is 13.1 Å². The van der Waals surface area contributed by atoms with Crippen LogP contribution in [0.15, 0.2) is 30.3 Å². The fraction of sp³-hybridized carbons (Fsp3) is 0.600. The number of nitrogens with one attached hydrogen (secondary N) is 7. The molecule has 16 heteroatoms. The van der Waals surface area contributed by atoms with Crippen molar-refractivity contribution in [3.63, 3.8) is 0 Å². The standard InChI is InChI=1S/C35H52N7O8P/c1-2-12-24(31(46)35(50)37-21-28(45)41-30(34(49)42-51)23-15-7-4-8-16-23)38-32(47)25-17-9-10-20-36-26(43)18-11-19-27(44)40-29(33(48)39-25)22-13-5-3-6-14-22/h4,7-8,15-16,22,24-25,29-30H,2-3,5-6,9-14,17-21,51H2,1H3,(H,36,43)(H,37,50)(H,38,47)(H,39,48)(H,40,44)(H,41,45)(H,42,49). The summed E-state index contributed by atoms with van der Waals surface area (Å²) in [4.78, 5) is 104. The van der Waals surface area contributed by atoms with Crippen molar-refractivity contribution < 1.29 is 38.4 Å². The molecule has 5 atom stereocenters. The normalized spacial score (nSPS) is 20.8. The van der Waals surface area contributed by atoms with Gasteiger partial charge in [-0.2, -0.15) is 0 Å². The number of carbonyl (C=O) groups excluding carboxylic acids is 8. The molecule has 2 aliphatic rings. The molecule has 51 heavy (non-hydrogen) atoms. The Balaban J connectivity index is 1.69. The molecule has 1 saturated carbocycles. The summed E-state index contributed by atoms with van der Waals surface area (Å²) in [6.45, 7) is 1.53. The minimum absolute atomic E-state index is 0.0825. The summed E-state index contributed by atoms with van der Waals surface area (Å²) in [6, 6.07) is 4.25. The summed E-state index contributed by atoms with van der Waals surface area (Å²) in [7, 11) is 2.07. The third kappa shape index (κ3) is 13.7. The summed E-state index contributed by atoms with van der Waals surface area (Å²) < 4.78 is 0. The molecule has 0 bridgehead atoms. The molecule has 0 aromatic heterocycles. The molecule has 1 heterocycles. The van der Waals surface area contributed by atoms with E-state index in [1.165, 1.54) is 0 Å². The lowest BCUT2D eigenvalue weighted by Crippen LogP contribution is -2.58. The molecule has 0 spiro atoms. The van der Waals surface area contributed by atoms with Crippen molar-refractivity contribution >= 4 is 56.5 Å². The topological polar surface area (TPSA) is 221 Å². The van der Waals surface area contributed by atoms with Crippen molar-refractivity contribution in [3.05, 3.63) is 35.9 Å². The van der Waals surface area contributed by atoms with Crippen LogP contribution < -0.4 is 37.0 Å². The molecule has 280 valence electrons. The number of rotatable bonds is 12. The van der Waals surface area contributed by atoms with Crippen LogP contribution >= 0.6 is 9.39 Å². The van der Waals surface area contributed by atoms with Gasteiger partial charge in [-0.25, -0.2) is 0 Å². The van der Waals surface area contributed by atoms with E-state index in [1.54, 1.807) is 37.3 Å². The average Bonchev–Trinajstić information content (AvgIpc) is 3.14. The predicted molar refractivity (Wildman–Crippen MR) is 191 cm³/mol. The fourth-order valence-electron chi connectivity index (χ4n) is 6.32. The average molecular weight is 730 g/mol. The van der Waals surface area contributed by atoms with Crippen LogP contribution in [-0.2, 0) is 38.4 Å².